The molecule has 0 radical (unpaired) electrons. The number of carbonyl (C=O) groups is 1. The van der Waals surface area contributed by atoms with Crippen LogP contribution in [0.25, 0.3) is 0 Å². The summed E-state index contributed by atoms with van der Waals surface area (Å²) >= 11 is 1.27. The molecule has 1 aromatic heterocycles. The molecule has 2 aliphatic rings. The predicted molar refractivity (Wildman–Crippen MR) is 87.4 cm³/mol. The molecule has 22 heavy (non-hydrogen) atoms. The van der Waals surface area contributed by atoms with Gasteiger partial charge in [0.25, 0.3) is 0 Å². The van der Waals surface area contributed by atoms with E-state index in [-0.39, 0.29) is 10.8 Å². The number of piperazine rings is 1. The maximum Gasteiger partial charge on any atom is 0.307 e. The number of aromatic nitrogens is 1. The molecule has 1 N–H and O–H groups in total. The van der Waals surface area contributed by atoms with Crippen molar-refractivity contribution >= 4 is 17.2 Å². The first-order valence-electron chi connectivity index (χ1n) is 8.01. The van der Waals surface area contributed by atoms with Gasteiger partial charge in [-0.25, -0.2) is 0 Å². The van der Waals surface area contributed by atoms with Gasteiger partial charge in [0, 0.05) is 56.4 Å². The molecule has 1 aliphatic heterocycles. The van der Waals surface area contributed by atoms with Gasteiger partial charge in [0.1, 0.15) is 0 Å². The maximum atomic E-state index is 11.8. The van der Waals surface area contributed by atoms with E-state index >= 15 is 0 Å². The highest BCUT2D eigenvalue weighted by Gasteiger charge is 2.25. The minimum Gasteiger partial charge on any atom is -0.352 e. The van der Waals surface area contributed by atoms with Crippen LogP contribution in [0.3, 0.4) is 0 Å². The van der Waals surface area contributed by atoms with Gasteiger partial charge in [-0.2, -0.15) is 0 Å². The lowest BCUT2D eigenvalue weighted by atomic mass is 10.3. The first-order chi connectivity index (χ1) is 10.6. The molecular weight excluding hydrogens is 300 g/mol. The van der Waals surface area contributed by atoms with Crippen molar-refractivity contribution in [2.45, 2.75) is 32.4 Å². The minimum atomic E-state index is 0.132. The lowest BCUT2D eigenvalue weighted by Crippen LogP contribution is -2.50. The fourth-order valence-electron chi connectivity index (χ4n) is 2.79. The molecule has 1 amide bonds. The molecular formula is C15H24N4O2S. The summed E-state index contributed by atoms with van der Waals surface area (Å²) in [4.78, 5) is 28.2. The van der Waals surface area contributed by atoms with E-state index in [1.165, 1.54) is 11.3 Å². The van der Waals surface area contributed by atoms with E-state index in [1.807, 2.05) is 16.9 Å². The molecule has 1 aliphatic carbocycles. The number of nitrogens with zero attached hydrogens (tertiary/aromatic N) is 3. The maximum absolute atomic E-state index is 11.8. The van der Waals surface area contributed by atoms with E-state index in [2.05, 4.69) is 15.1 Å². The molecule has 6 nitrogen and oxygen atoms in total. The van der Waals surface area contributed by atoms with Crippen LogP contribution in [0.4, 0.5) is 0 Å². The molecule has 0 bridgehead atoms. The Morgan fingerprint density at radius 3 is 2.50 bits per heavy atom. The number of hydrogen-bond acceptors (Lipinski definition) is 5. The van der Waals surface area contributed by atoms with Crippen LogP contribution < -0.4 is 10.2 Å². The Hall–Kier alpha value is -1.18. The molecule has 0 unspecified atom stereocenters. The van der Waals surface area contributed by atoms with E-state index < -0.39 is 0 Å². The Bertz CT molecular complexity index is 570. The zero-order chi connectivity index (χ0) is 15.5. The van der Waals surface area contributed by atoms with Gasteiger partial charge in [-0.3, -0.25) is 19.4 Å². The van der Waals surface area contributed by atoms with Crippen LogP contribution in [0.5, 0.6) is 0 Å². The van der Waals surface area contributed by atoms with Crippen molar-refractivity contribution in [1.82, 2.24) is 19.7 Å². The summed E-state index contributed by atoms with van der Waals surface area (Å²) in [6.07, 6.45) is 2.28. The summed E-state index contributed by atoms with van der Waals surface area (Å²) in [5.74, 6) is 0.163. The quantitative estimate of drug-likeness (QED) is 0.807. The number of carbonyl (C=O) groups excluding carboxylic acids is 1. The van der Waals surface area contributed by atoms with Crippen LogP contribution in [0.15, 0.2) is 10.2 Å². The molecule has 122 valence electrons. The fourth-order valence-corrected chi connectivity index (χ4v) is 3.55. The van der Waals surface area contributed by atoms with E-state index in [1.54, 1.807) is 0 Å². The molecule has 1 aromatic rings. The monoisotopic (exact) mass is 324 g/mol. The summed E-state index contributed by atoms with van der Waals surface area (Å²) in [6, 6.07) is 0.445. The smallest absolute Gasteiger partial charge is 0.307 e. The van der Waals surface area contributed by atoms with Crippen LogP contribution in [-0.2, 0) is 11.3 Å². The van der Waals surface area contributed by atoms with Crippen molar-refractivity contribution in [3.05, 3.63) is 20.7 Å². The summed E-state index contributed by atoms with van der Waals surface area (Å²) in [5.41, 5.74) is 1.05. The van der Waals surface area contributed by atoms with Gasteiger partial charge in [-0.15, -0.1) is 0 Å². The van der Waals surface area contributed by atoms with Crippen molar-refractivity contribution in [3.63, 3.8) is 0 Å². The van der Waals surface area contributed by atoms with Crippen molar-refractivity contribution < 1.29 is 4.79 Å². The van der Waals surface area contributed by atoms with E-state index in [4.69, 9.17) is 0 Å². The zero-order valence-corrected chi connectivity index (χ0v) is 13.9. The largest absolute Gasteiger partial charge is 0.352 e. The number of thiazole rings is 1. The second kappa shape index (κ2) is 6.93. The molecule has 0 atom stereocenters. The summed E-state index contributed by atoms with van der Waals surface area (Å²) in [7, 11) is 0. The lowest BCUT2D eigenvalue weighted by Gasteiger charge is -2.34. The Morgan fingerprint density at radius 1 is 1.23 bits per heavy atom. The van der Waals surface area contributed by atoms with E-state index in [9.17, 15) is 9.59 Å². The second-order valence-electron chi connectivity index (χ2n) is 6.25. The van der Waals surface area contributed by atoms with Gasteiger partial charge in [-0.05, 0) is 19.8 Å². The molecule has 0 spiro atoms. The second-order valence-corrected chi connectivity index (χ2v) is 7.07. The zero-order valence-electron chi connectivity index (χ0n) is 13.1. The van der Waals surface area contributed by atoms with Crippen molar-refractivity contribution in [3.8, 4) is 0 Å². The SMILES string of the molecule is Cc1csc(=O)n1CCN1CCN(CC(=O)NC2CC2)CC1. The summed E-state index contributed by atoms with van der Waals surface area (Å²) in [5, 5.41) is 4.95. The number of amides is 1. The molecule has 1 saturated carbocycles. The van der Waals surface area contributed by atoms with Crippen LogP contribution in [0.2, 0.25) is 0 Å². The molecule has 2 fully saturated rings. The Kier molecular flexibility index (Phi) is 4.95. The molecule has 1 saturated heterocycles. The Morgan fingerprint density at radius 2 is 1.91 bits per heavy atom. The van der Waals surface area contributed by atoms with Crippen LogP contribution in [0.1, 0.15) is 18.5 Å². The van der Waals surface area contributed by atoms with Crippen molar-refractivity contribution in [1.29, 1.82) is 0 Å². The standard InChI is InChI=1S/C15H24N4O2S/c1-12-11-22-15(21)19(12)9-8-17-4-6-18(7-5-17)10-14(20)16-13-2-3-13/h11,13H,2-10H2,1H3,(H,16,20). The number of hydrogen-bond donors (Lipinski definition) is 1. The number of rotatable bonds is 6. The molecule has 0 aromatic carbocycles. The molecule has 7 heteroatoms. The minimum absolute atomic E-state index is 0.132. The number of nitrogens with one attached hydrogen (secondary N) is 1. The highest BCUT2D eigenvalue weighted by atomic mass is 32.1. The first kappa shape index (κ1) is 15.7. The molecule has 3 rings (SSSR count). The van der Waals surface area contributed by atoms with E-state index in [0.29, 0.717) is 12.6 Å². The van der Waals surface area contributed by atoms with Gasteiger partial charge in [0.15, 0.2) is 0 Å². The highest BCUT2D eigenvalue weighted by molar-refractivity contribution is 7.07. The first-order valence-corrected chi connectivity index (χ1v) is 8.89. The average Bonchev–Trinajstić information content (AvgIpc) is 3.24. The Balaban J connectivity index is 1.38. The summed E-state index contributed by atoms with van der Waals surface area (Å²) in [6.45, 7) is 7.95. The normalized spacial score (nSPS) is 20.2. The van der Waals surface area contributed by atoms with Crippen molar-refractivity contribution in [2.75, 3.05) is 39.3 Å². The Labute approximate surface area is 134 Å². The average molecular weight is 324 g/mol. The molecule has 2 heterocycles. The van der Waals surface area contributed by atoms with Crippen LogP contribution in [0, 0.1) is 6.92 Å². The van der Waals surface area contributed by atoms with Gasteiger partial charge in [0.05, 0.1) is 6.54 Å². The number of aryl methyl sites for hydroxylation is 1. The summed E-state index contributed by atoms with van der Waals surface area (Å²) < 4.78 is 1.85. The van der Waals surface area contributed by atoms with Gasteiger partial charge in [0.2, 0.25) is 5.91 Å². The third-order valence-corrected chi connectivity index (χ3v) is 5.27. The predicted octanol–water partition coefficient (Wildman–Crippen LogP) is 0.114. The van der Waals surface area contributed by atoms with Crippen LogP contribution >= 0.6 is 11.3 Å². The topological polar surface area (TPSA) is 57.6 Å². The van der Waals surface area contributed by atoms with Crippen LogP contribution in [-0.4, -0.2) is 65.6 Å². The lowest BCUT2D eigenvalue weighted by molar-refractivity contribution is -0.122. The van der Waals surface area contributed by atoms with Gasteiger partial charge in [-0.1, -0.05) is 11.3 Å². The van der Waals surface area contributed by atoms with Gasteiger partial charge >= 0.3 is 4.87 Å². The fraction of sp³-hybridized carbons (Fsp3) is 0.733. The highest BCUT2D eigenvalue weighted by Crippen LogP contribution is 2.18. The third-order valence-electron chi connectivity index (χ3n) is 4.39. The van der Waals surface area contributed by atoms with Gasteiger partial charge < -0.3 is 9.88 Å². The van der Waals surface area contributed by atoms with Crippen molar-refractivity contribution in [2.24, 2.45) is 0 Å². The van der Waals surface area contributed by atoms with E-state index in [0.717, 1.165) is 57.8 Å². The third kappa shape index (κ3) is 4.18.